The van der Waals surface area contributed by atoms with Crippen molar-refractivity contribution >= 4 is 21.6 Å². The minimum absolute atomic E-state index is 0.143. The molecule has 7 heteroatoms. The second-order valence-corrected chi connectivity index (χ2v) is 8.05. The number of hydrogen-bond acceptors (Lipinski definition) is 3. The van der Waals surface area contributed by atoms with E-state index in [9.17, 15) is 13.2 Å². The number of aromatic nitrogens is 1. The van der Waals surface area contributed by atoms with Gasteiger partial charge in [-0.3, -0.25) is 4.79 Å². The second kappa shape index (κ2) is 7.86. The van der Waals surface area contributed by atoms with Crippen LogP contribution in [0.15, 0.2) is 82.7 Å². The van der Waals surface area contributed by atoms with Gasteiger partial charge in [-0.2, -0.15) is 4.31 Å². The summed E-state index contributed by atoms with van der Waals surface area (Å²) in [5.41, 5.74) is 0.937. The lowest BCUT2D eigenvalue weighted by Gasteiger charge is -2.22. The Morgan fingerprint density at radius 2 is 1.35 bits per heavy atom. The van der Waals surface area contributed by atoms with Crippen LogP contribution in [0.25, 0.3) is 0 Å². The van der Waals surface area contributed by atoms with Gasteiger partial charge in [-0.1, -0.05) is 72.3 Å². The molecule has 0 radical (unpaired) electrons. The molecule has 0 unspecified atom stereocenters. The Bertz CT molecular complexity index is 994. The van der Waals surface area contributed by atoms with Crippen molar-refractivity contribution in [3.8, 4) is 0 Å². The summed E-state index contributed by atoms with van der Waals surface area (Å²) in [7, 11) is -4.05. The molecule has 0 bridgehead atoms. The molecule has 0 aliphatic heterocycles. The van der Waals surface area contributed by atoms with Gasteiger partial charge < -0.3 is 4.98 Å². The smallest absolute Gasteiger partial charge is 0.249 e. The largest absolute Gasteiger partial charge is 0.365 e. The number of halogens is 1. The molecule has 26 heavy (non-hydrogen) atoms. The third-order valence-corrected chi connectivity index (χ3v) is 5.96. The highest BCUT2D eigenvalue weighted by Gasteiger charge is 2.28. The molecule has 3 rings (SSSR count). The van der Waals surface area contributed by atoms with Crippen molar-refractivity contribution in [1.82, 2.24) is 9.29 Å². The Morgan fingerprint density at radius 1 is 0.846 bits per heavy atom. The van der Waals surface area contributed by atoms with Crippen molar-refractivity contribution in [1.29, 1.82) is 0 Å². The van der Waals surface area contributed by atoms with Crippen LogP contribution in [0.1, 0.15) is 11.1 Å². The number of sulfonamides is 1. The number of rotatable bonds is 6. The van der Waals surface area contributed by atoms with Gasteiger partial charge >= 0.3 is 0 Å². The molecule has 2 aromatic carbocycles. The van der Waals surface area contributed by atoms with E-state index in [0.29, 0.717) is 0 Å². The lowest BCUT2D eigenvalue weighted by atomic mass is 10.2. The first-order valence-electron chi connectivity index (χ1n) is 7.93. The highest BCUT2D eigenvalue weighted by atomic mass is 35.5. The lowest BCUT2D eigenvalue weighted by molar-refractivity contribution is 0.400. The van der Waals surface area contributed by atoms with E-state index in [1.54, 1.807) is 0 Å². The molecule has 0 amide bonds. The van der Waals surface area contributed by atoms with E-state index in [1.807, 2.05) is 60.7 Å². The maximum Gasteiger partial charge on any atom is 0.249 e. The third kappa shape index (κ3) is 4.04. The summed E-state index contributed by atoms with van der Waals surface area (Å²) >= 11 is 5.82. The average molecular weight is 389 g/mol. The number of H-pyrrole nitrogens is 1. The number of nitrogens with one attached hydrogen (secondary N) is 1. The molecule has 5 nitrogen and oxygen atoms in total. The molecule has 0 saturated heterocycles. The maximum atomic E-state index is 13.2. The topological polar surface area (TPSA) is 70.2 Å². The Hall–Kier alpha value is -2.41. The van der Waals surface area contributed by atoms with Crippen molar-refractivity contribution in [3.05, 3.63) is 99.4 Å². The van der Waals surface area contributed by atoms with Crippen LogP contribution in [-0.2, 0) is 23.1 Å². The molecule has 0 saturated carbocycles. The Labute approximate surface area is 156 Å². The Kier molecular flexibility index (Phi) is 5.56. The minimum atomic E-state index is -4.05. The molecule has 0 aliphatic carbocycles. The minimum Gasteiger partial charge on any atom is -0.365 e. The molecule has 1 heterocycles. The van der Waals surface area contributed by atoms with E-state index < -0.39 is 15.5 Å². The molecular formula is C19H17ClN2O3S. The summed E-state index contributed by atoms with van der Waals surface area (Å²) in [6.45, 7) is 0.286. The number of hydrogen-bond donors (Lipinski definition) is 1. The Balaban J connectivity index is 2.03. The van der Waals surface area contributed by atoms with Gasteiger partial charge in [-0.25, -0.2) is 8.42 Å². The van der Waals surface area contributed by atoms with Crippen LogP contribution in [0.2, 0.25) is 5.02 Å². The van der Waals surface area contributed by atoms with Crippen LogP contribution >= 0.6 is 11.6 Å². The van der Waals surface area contributed by atoms with Gasteiger partial charge in [0, 0.05) is 25.5 Å². The zero-order valence-electron chi connectivity index (χ0n) is 13.8. The highest BCUT2D eigenvalue weighted by Crippen LogP contribution is 2.19. The third-order valence-electron chi connectivity index (χ3n) is 3.89. The predicted molar refractivity (Wildman–Crippen MR) is 101 cm³/mol. The summed E-state index contributed by atoms with van der Waals surface area (Å²) in [5, 5.41) is -0.162. The van der Waals surface area contributed by atoms with Gasteiger partial charge in [-0.05, 0) is 11.1 Å². The second-order valence-electron chi connectivity index (χ2n) is 5.74. The van der Waals surface area contributed by atoms with Crippen LogP contribution in [0, 0.1) is 0 Å². The van der Waals surface area contributed by atoms with Crippen molar-refractivity contribution in [3.63, 3.8) is 0 Å². The number of pyridine rings is 1. The summed E-state index contributed by atoms with van der Waals surface area (Å²) in [4.78, 5) is 14.5. The first kappa shape index (κ1) is 18.4. The maximum absolute atomic E-state index is 13.2. The molecule has 1 N–H and O–H groups in total. The first-order valence-corrected chi connectivity index (χ1v) is 9.75. The zero-order valence-corrected chi connectivity index (χ0v) is 15.4. The predicted octanol–water partition coefficient (Wildman–Crippen LogP) is 3.42. The number of benzene rings is 2. The van der Waals surface area contributed by atoms with E-state index in [-0.39, 0.29) is 23.0 Å². The van der Waals surface area contributed by atoms with Crippen molar-refractivity contribution in [2.75, 3.05) is 0 Å². The molecule has 0 spiro atoms. The summed E-state index contributed by atoms with van der Waals surface area (Å²) in [5.74, 6) is 0. The fraction of sp³-hybridized carbons (Fsp3) is 0.105. The molecule has 3 aromatic rings. The van der Waals surface area contributed by atoms with Crippen molar-refractivity contribution < 1.29 is 8.42 Å². The van der Waals surface area contributed by atoms with Crippen LogP contribution < -0.4 is 5.43 Å². The standard InChI is InChI=1S/C19H17ClN2O3S/c20-17-11-21-12-18(19(17)23)26(24,25)22(13-15-7-3-1-4-8-15)14-16-9-5-2-6-10-16/h1-12H,13-14H2,(H,21,23). The molecule has 0 atom stereocenters. The summed E-state index contributed by atoms with van der Waals surface area (Å²) in [6, 6.07) is 18.5. The van der Waals surface area contributed by atoms with Crippen molar-refractivity contribution in [2.24, 2.45) is 0 Å². The molecule has 0 fully saturated rings. The number of aromatic amines is 1. The quantitative estimate of drug-likeness (QED) is 0.703. The fourth-order valence-corrected chi connectivity index (χ4v) is 4.27. The first-order chi connectivity index (χ1) is 12.5. The fourth-order valence-electron chi connectivity index (χ4n) is 2.57. The molecule has 134 valence electrons. The lowest BCUT2D eigenvalue weighted by Crippen LogP contribution is -2.33. The van der Waals surface area contributed by atoms with Gasteiger partial charge in [-0.15, -0.1) is 0 Å². The van der Waals surface area contributed by atoms with Gasteiger partial charge in [0.2, 0.25) is 15.5 Å². The van der Waals surface area contributed by atoms with Crippen LogP contribution in [0.5, 0.6) is 0 Å². The van der Waals surface area contributed by atoms with E-state index in [0.717, 1.165) is 11.1 Å². The van der Waals surface area contributed by atoms with E-state index in [2.05, 4.69) is 4.98 Å². The normalized spacial score (nSPS) is 11.6. The zero-order chi connectivity index (χ0) is 18.6. The van der Waals surface area contributed by atoms with E-state index >= 15 is 0 Å². The van der Waals surface area contributed by atoms with Crippen LogP contribution in [0.4, 0.5) is 0 Å². The van der Waals surface area contributed by atoms with E-state index in [4.69, 9.17) is 11.6 Å². The molecule has 1 aromatic heterocycles. The Morgan fingerprint density at radius 3 is 1.85 bits per heavy atom. The van der Waals surface area contributed by atoms with Gasteiger partial charge in [0.1, 0.15) is 9.92 Å². The van der Waals surface area contributed by atoms with Gasteiger partial charge in [0.05, 0.1) is 0 Å². The molecular weight excluding hydrogens is 372 g/mol. The van der Waals surface area contributed by atoms with Crippen LogP contribution in [0.3, 0.4) is 0 Å². The highest BCUT2D eigenvalue weighted by molar-refractivity contribution is 7.89. The number of nitrogens with zero attached hydrogens (tertiary/aromatic N) is 1. The molecule has 0 aliphatic rings. The average Bonchev–Trinajstić information content (AvgIpc) is 2.65. The van der Waals surface area contributed by atoms with Gasteiger partial charge in [0.25, 0.3) is 0 Å². The monoisotopic (exact) mass is 388 g/mol. The SMILES string of the molecule is O=c1c(Cl)c[nH]cc1S(=O)(=O)N(Cc1ccccc1)Cc1ccccc1. The summed E-state index contributed by atoms with van der Waals surface area (Å²) < 4.78 is 27.6. The summed E-state index contributed by atoms with van der Waals surface area (Å²) in [6.07, 6.45) is 2.44. The van der Waals surface area contributed by atoms with Crippen LogP contribution in [-0.4, -0.2) is 17.7 Å². The van der Waals surface area contributed by atoms with Crippen molar-refractivity contribution in [2.45, 2.75) is 18.0 Å². The van der Waals surface area contributed by atoms with Gasteiger partial charge in [0.15, 0.2) is 0 Å². The van der Waals surface area contributed by atoms with E-state index in [1.165, 1.54) is 16.7 Å².